The van der Waals surface area contributed by atoms with Gasteiger partial charge in [0.25, 0.3) is 0 Å². The first-order valence-corrected chi connectivity index (χ1v) is 16.0. The molecule has 5 aromatic carbocycles. The van der Waals surface area contributed by atoms with E-state index in [-0.39, 0.29) is 35.6 Å². The molecule has 0 amide bonds. The van der Waals surface area contributed by atoms with Crippen molar-refractivity contribution in [2.24, 2.45) is 0 Å². The van der Waals surface area contributed by atoms with Gasteiger partial charge in [-0.3, -0.25) is 6.08 Å². The number of hydrogen-bond donors (Lipinski definition) is 0. The summed E-state index contributed by atoms with van der Waals surface area (Å²) in [5.41, 5.74) is 5.34. The molecule has 0 aliphatic heterocycles. The molecule has 0 unspecified atom stereocenters. The molecule has 6 rings (SSSR count). The molecule has 1 aliphatic rings. The summed E-state index contributed by atoms with van der Waals surface area (Å²) in [5, 5.41) is 5.33. The van der Waals surface area contributed by atoms with E-state index in [0.717, 1.165) is 6.42 Å². The van der Waals surface area contributed by atoms with Crippen molar-refractivity contribution < 1.29 is 44.8 Å². The van der Waals surface area contributed by atoms with Crippen molar-refractivity contribution in [2.45, 2.75) is 71.6 Å². The zero-order valence-corrected chi connectivity index (χ0v) is 30.0. The molecule has 1 aliphatic carbocycles. The maximum Gasteiger partial charge on any atom is -0.109 e. The molecular formula is C41H44Cl2Ti-2. The standard InChI is InChI=1S/C31H29.C5H5.C5H10.2ClH.Ti/c1-30(2,24-11-7-5-8-12-24)26-15-17-28-22(20-26)19-23-21-27(16-18-29(23)28)31(3,4)25-13-9-6-10-14-25;1-2-4-5-3-1;1-3-5-4-2;;;/h5-21H,1-4H3;1-3H,4H2;3-4H2,1-2H3;2*1H;/q2*-1;;;;+2/p-2. The van der Waals surface area contributed by atoms with Crippen LogP contribution in [-0.4, -0.2) is 3.81 Å². The molecule has 0 saturated carbocycles. The monoisotopic (exact) mass is 654 g/mol. The summed E-state index contributed by atoms with van der Waals surface area (Å²) < 4.78 is 1.59. The second-order valence-electron chi connectivity index (χ2n) is 12.0. The number of fused-ring (bicyclic) bond motifs is 3. The van der Waals surface area contributed by atoms with Gasteiger partial charge in [-0.2, -0.15) is 6.08 Å². The first-order chi connectivity index (χ1) is 20.2. The minimum atomic E-state index is -0.0284. The van der Waals surface area contributed by atoms with Crippen LogP contribution in [0, 0.1) is 6.08 Å². The molecule has 0 N–H and O–H groups in total. The number of benzene rings is 4. The molecule has 0 nitrogen and oxygen atoms in total. The van der Waals surface area contributed by atoms with Crippen LogP contribution < -0.4 is 24.8 Å². The average Bonchev–Trinajstić information content (AvgIpc) is 3.73. The summed E-state index contributed by atoms with van der Waals surface area (Å²) in [5.74, 6) is 0. The van der Waals surface area contributed by atoms with Gasteiger partial charge in [-0.1, -0.05) is 124 Å². The van der Waals surface area contributed by atoms with E-state index >= 15 is 0 Å². The SMILES string of the molecule is CC(C)(c1ccccc1)c1ccc2c(c1)[cH-]c1cc(C(C)(C)c3ccccc3)ccc12.CC[C](=[Ti+2])CC.[C-]1=CC=CC1.[Cl-].[Cl-]. The van der Waals surface area contributed by atoms with Gasteiger partial charge in [-0.15, -0.1) is 46.2 Å². The van der Waals surface area contributed by atoms with E-state index in [2.05, 4.69) is 177 Å². The third kappa shape index (κ3) is 8.98. The summed E-state index contributed by atoms with van der Waals surface area (Å²) in [6.07, 6.45) is 12.5. The van der Waals surface area contributed by atoms with E-state index in [4.69, 9.17) is 0 Å². The third-order valence-electron chi connectivity index (χ3n) is 8.58. The van der Waals surface area contributed by atoms with Gasteiger partial charge in [0.1, 0.15) is 0 Å². The fraction of sp³-hybridized carbons (Fsp3) is 0.268. The van der Waals surface area contributed by atoms with Crippen LogP contribution in [0.15, 0.2) is 121 Å². The predicted molar refractivity (Wildman–Crippen MR) is 181 cm³/mol. The van der Waals surface area contributed by atoms with E-state index in [1.54, 1.807) is 3.81 Å². The third-order valence-corrected chi connectivity index (χ3v) is 9.68. The van der Waals surface area contributed by atoms with Crippen LogP contribution in [0.1, 0.15) is 83.1 Å². The van der Waals surface area contributed by atoms with E-state index in [9.17, 15) is 0 Å². The molecule has 0 spiro atoms. The Hall–Kier alpha value is -2.61. The van der Waals surface area contributed by atoms with Crippen LogP contribution in [0.5, 0.6) is 0 Å². The molecule has 0 heterocycles. The van der Waals surface area contributed by atoms with Gasteiger partial charge in [-0.05, 0) is 11.1 Å². The fourth-order valence-electron chi connectivity index (χ4n) is 5.43. The van der Waals surface area contributed by atoms with Crippen molar-refractivity contribution in [1.82, 2.24) is 0 Å². The summed E-state index contributed by atoms with van der Waals surface area (Å²) >= 11 is 2.19. The fourth-order valence-corrected chi connectivity index (χ4v) is 5.43. The topological polar surface area (TPSA) is 0 Å². The number of allylic oxidation sites excluding steroid dienone is 4. The minimum Gasteiger partial charge on any atom is -1.00 e. The largest absolute Gasteiger partial charge is 1.00 e. The molecule has 0 bridgehead atoms. The Morgan fingerprint density at radius 2 is 1.09 bits per heavy atom. The number of rotatable bonds is 6. The van der Waals surface area contributed by atoms with Crippen LogP contribution >= 0.6 is 0 Å². The maximum atomic E-state index is 2.99. The second kappa shape index (κ2) is 17.2. The number of hydrogen-bond acceptors (Lipinski definition) is 0. The van der Waals surface area contributed by atoms with E-state index in [1.807, 2.05) is 12.2 Å². The van der Waals surface area contributed by atoms with Gasteiger partial charge >= 0.3 is 50.5 Å². The Balaban J connectivity index is 0.000000443. The molecule has 0 fully saturated rings. The van der Waals surface area contributed by atoms with Gasteiger partial charge in [0.15, 0.2) is 0 Å². The quantitative estimate of drug-likeness (QED) is 0.174. The van der Waals surface area contributed by atoms with Crippen molar-refractivity contribution in [2.75, 3.05) is 0 Å². The van der Waals surface area contributed by atoms with E-state index in [0.29, 0.717) is 0 Å². The first-order valence-electron chi connectivity index (χ1n) is 15.2. The van der Waals surface area contributed by atoms with Crippen LogP contribution in [0.3, 0.4) is 0 Å². The Bertz CT molecular complexity index is 1550. The molecule has 0 saturated heterocycles. The summed E-state index contributed by atoms with van der Waals surface area (Å²) in [6.45, 7) is 13.6. The molecule has 3 heteroatoms. The summed E-state index contributed by atoms with van der Waals surface area (Å²) in [7, 11) is 0. The normalized spacial score (nSPS) is 12.0. The van der Waals surface area contributed by atoms with E-state index < -0.39 is 0 Å². The van der Waals surface area contributed by atoms with Crippen LogP contribution in [0.25, 0.3) is 21.5 Å². The second-order valence-corrected chi connectivity index (χ2v) is 13.1. The molecule has 0 radical (unpaired) electrons. The Kier molecular flexibility index (Phi) is 14.7. The van der Waals surface area contributed by atoms with E-state index in [1.165, 1.54) is 56.6 Å². The Labute approximate surface area is 289 Å². The van der Waals surface area contributed by atoms with Gasteiger partial charge < -0.3 is 24.8 Å². The van der Waals surface area contributed by atoms with Crippen molar-refractivity contribution in [3.05, 3.63) is 150 Å². The Morgan fingerprint density at radius 3 is 1.39 bits per heavy atom. The van der Waals surface area contributed by atoms with Gasteiger partial charge in [0.2, 0.25) is 0 Å². The van der Waals surface area contributed by atoms with Gasteiger partial charge in [0.05, 0.1) is 0 Å². The molecule has 0 aromatic heterocycles. The summed E-state index contributed by atoms with van der Waals surface area (Å²) in [6, 6.07) is 37.9. The van der Waals surface area contributed by atoms with Crippen LogP contribution in [0.4, 0.5) is 0 Å². The molecule has 0 atom stereocenters. The van der Waals surface area contributed by atoms with Gasteiger partial charge in [-0.25, -0.2) is 12.2 Å². The van der Waals surface area contributed by atoms with Crippen molar-refractivity contribution in [1.29, 1.82) is 0 Å². The Morgan fingerprint density at radius 1 is 0.659 bits per heavy atom. The van der Waals surface area contributed by atoms with Crippen molar-refractivity contribution in [3.8, 4) is 0 Å². The smallest absolute Gasteiger partial charge is 0.109 e. The van der Waals surface area contributed by atoms with Crippen LogP contribution in [-0.2, 0) is 30.8 Å². The number of halogens is 2. The molecule has 228 valence electrons. The zero-order valence-electron chi connectivity index (χ0n) is 26.9. The predicted octanol–water partition coefficient (Wildman–Crippen LogP) is 5.20. The maximum absolute atomic E-state index is 2.99. The zero-order chi connectivity index (χ0) is 30.2. The molecule has 44 heavy (non-hydrogen) atoms. The van der Waals surface area contributed by atoms with Crippen molar-refractivity contribution in [3.63, 3.8) is 0 Å². The average molecular weight is 656 g/mol. The molecular weight excluding hydrogens is 611 g/mol. The molecule has 5 aromatic rings. The first kappa shape index (κ1) is 37.6. The minimum absolute atomic E-state index is 0. The van der Waals surface area contributed by atoms with Gasteiger partial charge in [0, 0.05) is 10.8 Å². The van der Waals surface area contributed by atoms with Crippen molar-refractivity contribution >= 4 is 25.4 Å². The van der Waals surface area contributed by atoms with Crippen LogP contribution in [0.2, 0.25) is 0 Å². The summed E-state index contributed by atoms with van der Waals surface area (Å²) in [4.78, 5) is 0.